The Labute approximate surface area is 167 Å². The van der Waals surface area contributed by atoms with Gasteiger partial charge in [0.25, 0.3) is 0 Å². The van der Waals surface area contributed by atoms with Gasteiger partial charge < -0.3 is 4.90 Å². The van der Waals surface area contributed by atoms with Gasteiger partial charge in [0, 0.05) is 29.7 Å². The van der Waals surface area contributed by atoms with Crippen LogP contribution < -0.4 is 4.90 Å². The Morgan fingerprint density at radius 2 is 1.77 bits per heavy atom. The quantitative estimate of drug-likeness (QED) is 0.487. The fraction of sp³-hybridized carbons (Fsp3) is 0.133. The maximum Gasteiger partial charge on any atom is 0.208 e. The summed E-state index contributed by atoms with van der Waals surface area (Å²) in [6.45, 7) is 0. The Bertz CT molecular complexity index is 1070. The number of benzene rings is 1. The van der Waals surface area contributed by atoms with Crippen LogP contribution in [0.15, 0.2) is 39.7 Å². The fourth-order valence-corrected chi connectivity index (χ4v) is 4.40. The van der Waals surface area contributed by atoms with Gasteiger partial charge in [0.05, 0.1) is 0 Å². The predicted octanol–water partition coefficient (Wildman–Crippen LogP) is 4.17. The predicted molar refractivity (Wildman–Crippen MR) is 105 cm³/mol. The van der Waals surface area contributed by atoms with Crippen LogP contribution in [-0.2, 0) is 0 Å². The van der Waals surface area contributed by atoms with E-state index < -0.39 is 0 Å². The molecule has 0 aliphatic heterocycles. The van der Waals surface area contributed by atoms with Crippen LogP contribution in [0.5, 0.6) is 0 Å². The largest absolute Gasteiger partial charge is 0.353 e. The summed E-state index contributed by atoms with van der Waals surface area (Å²) in [6.07, 6.45) is 0. The number of aromatic nitrogens is 6. The lowest BCUT2D eigenvalue weighted by atomic mass is 10.2. The van der Waals surface area contributed by atoms with E-state index in [1.54, 1.807) is 22.7 Å². The second-order valence-electron chi connectivity index (χ2n) is 5.47. The minimum Gasteiger partial charge on any atom is -0.353 e. The highest BCUT2D eigenvalue weighted by molar-refractivity contribution is 8.01. The second kappa shape index (κ2) is 6.99. The molecule has 11 heteroatoms. The van der Waals surface area contributed by atoms with Gasteiger partial charge in [0.2, 0.25) is 5.13 Å². The Kier molecular flexibility index (Phi) is 4.70. The molecule has 132 valence electrons. The molecule has 0 aliphatic carbocycles. The summed E-state index contributed by atoms with van der Waals surface area (Å²) < 4.78 is 2.47. The molecule has 26 heavy (non-hydrogen) atoms. The summed E-state index contributed by atoms with van der Waals surface area (Å²) in [6, 6.07) is 8.95. The highest BCUT2D eigenvalue weighted by Gasteiger charge is 2.13. The molecule has 0 amide bonds. The zero-order valence-corrected chi connectivity index (χ0v) is 16.7. The molecule has 0 radical (unpaired) electrons. The van der Waals surface area contributed by atoms with Crippen LogP contribution in [0.2, 0.25) is 10.0 Å². The first-order valence-electron chi connectivity index (χ1n) is 7.37. The molecule has 0 saturated carbocycles. The van der Waals surface area contributed by atoms with Gasteiger partial charge in [-0.2, -0.15) is 9.61 Å². The lowest BCUT2D eigenvalue weighted by Crippen LogP contribution is -2.07. The van der Waals surface area contributed by atoms with Gasteiger partial charge in [0.15, 0.2) is 15.8 Å². The number of hydrogen-bond acceptors (Lipinski definition) is 8. The van der Waals surface area contributed by atoms with E-state index in [4.69, 9.17) is 23.2 Å². The van der Waals surface area contributed by atoms with Crippen molar-refractivity contribution in [2.24, 2.45) is 0 Å². The number of anilines is 1. The van der Waals surface area contributed by atoms with Crippen molar-refractivity contribution in [1.82, 2.24) is 30.0 Å². The minimum atomic E-state index is 0.528. The number of nitrogens with zero attached hydrogens (tertiary/aromatic N) is 7. The van der Waals surface area contributed by atoms with Crippen LogP contribution in [0, 0.1) is 0 Å². The zero-order valence-electron chi connectivity index (χ0n) is 13.6. The van der Waals surface area contributed by atoms with Crippen LogP contribution in [0.25, 0.3) is 17.0 Å². The molecule has 0 saturated heterocycles. The van der Waals surface area contributed by atoms with E-state index in [2.05, 4.69) is 25.5 Å². The van der Waals surface area contributed by atoms with Crippen molar-refractivity contribution in [2.75, 3.05) is 19.0 Å². The van der Waals surface area contributed by atoms with E-state index in [1.807, 2.05) is 31.1 Å². The maximum absolute atomic E-state index is 6.10. The molecule has 3 heterocycles. The van der Waals surface area contributed by atoms with Gasteiger partial charge in [0.1, 0.15) is 5.03 Å². The first-order chi connectivity index (χ1) is 12.5. The van der Waals surface area contributed by atoms with Gasteiger partial charge >= 0.3 is 0 Å². The summed E-state index contributed by atoms with van der Waals surface area (Å²) in [5.41, 5.74) is 1.38. The monoisotopic (exact) mass is 423 g/mol. The van der Waals surface area contributed by atoms with E-state index in [9.17, 15) is 0 Å². The Morgan fingerprint density at radius 3 is 2.46 bits per heavy atom. The molecule has 1 aromatic carbocycles. The van der Waals surface area contributed by atoms with Crippen LogP contribution >= 0.6 is 46.3 Å². The number of fused-ring (bicyclic) bond motifs is 1. The van der Waals surface area contributed by atoms with Gasteiger partial charge in [-0.05, 0) is 42.1 Å². The average molecular weight is 424 g/mol. The molecular formula is C15H11Cl2N7S2. The smallest absolute Gasteiger partial charge is 0.208 e. The van der Waals surface area contributed by atoms with Gasteiger partial charge in [-0.15, -0.1) is 20.4 Å². The lowest BCUT2D eigenvalue weighted by molar-refractivity contribution is 0.859. The van der Waals surface area contributed by atoms with E-state index in [0.29, 0.717) is 21.5 Å². The summed E-state index contributed by atoms with van der Waals surface area (Å²) in [5.74, 6) is 0.568. The third kappa shape index (κ3) is 3.48. The van der Waals surface area contributed by atoms with Crippen LogP contribution in [0.1, 0.15) is 0 Å². The molecule has 0 fully saturated rings. The second-order valence-corrected chi connectivity index (χ2v) is 8.57. The topological polar surface area (TPSA) is 72.1 Å². The molecular weight excluding hydrogens is 413 g/mol. The van der Waals surface area contributed by atoms with E-state index >= 15 is 0 Å². The van der Waals surface area contributed by atoms with Crippen LogP contribution in [0.4, 0.5) is 5.13 Å². The van der Waals surface area contributed by atoms with E-state index in [-0.39, 0.29) is 0 Å². The van der Waals surface area contributed by atoms with Crippen molar-refractivity contribution in [2.45, 2.75) is 9.37 Å². The van der Waals surface area contributed by atoms with Crippen molar-refractivity contribution < 1.29 is 0 Å². The third-order valence-electron chi connectivity index (χ3n) is 3.33. The molecule has 4 rings (SSSR count). The zero-order chi connectivity index (χ0) is 18.3. The van der Waals surface area contributed by atoms with E-state index in [1.165, 1.54) is 23.1 Å². The summed E-state index contributed by atoms with van der Waals surface area (Å²) in [4.78, 5) is 1.92. The molecule has 7 nitrogen and oxygen atoms in total. The highest BCUT2D eigenvalue weighted by atomic mass is 35.5. The third-order valence-corrected chi connectivity index (χ3v) is 5.83. The molecule has 4 aromatic rings. The van der Waals surface area contributed by atoms with Crippen molar-refractivity contribution in [1.29, 1.82) is 0 Å². The average Bonchev–Trinajstić information content (AvgIpc) is 3.20. The van der Waals surface area contributed by atoms with Crippen molar-refractivity contribution in [3.63, 3.8) is 0 Å². The molecule has 0 N–H and O–H groups in total. The van der Waals surface area contributed by atoms with Gasteiger partial charge in [-0.25, -0.2) is 0 Å². The highest BCUT2D eigenvalue weighted by Crippen LogP contribution is 2.32. The molecule has 0 bridgehead atoms. The minimum absolute atomic E-state index is 0.528. The van der Waals surface area contributed by atoms with Crippen LogP contribution in [0.3, 0.4) is 0 Å². The molecule has 0 atom stereocenters. The van der Waals surface area contributed by atoms with Crippen LogP contribution in [-0.4, -0.2) is 44.1 Å². The Morgan fingerprint density at radius 1 is 1.00 bits per heavy atom. The summed E-state index contributed by atoms with van der Waals surface area (Å²) >= 11 is 15.1. The standard InChI is InChI=1S/C15H11Cl2N7S2/c1-23(2)14-20-21-15(26-14)25-12-4-3-11-18-19-13(24(11)22-12)8-5-9(16)7-10(17)6-8/h3-7H,1-2H3. The fourth-order valence-electron chi connectivity index (χ4n) is 2.20. The lowest BCUT2D eigenvalue weighted by Gasteiger charge is -2.04. The Hall–Kier alpha value is -1.94. The molecule has 0 spiro atoms. The number of halogens is 2. The first kappa shape index (κ1) is 17.5. The summed E-state index contributed by atoms with van der Waals surface area (Å²) in [5, 5.41) is 23.9. The maximum atomic E-state index is 6.10. The van der Waals surface area contributed by atoms with Crippen molar-refractivity contribution in [3.8, 4) is 11.4 Å². The molecule has 3 aromatic heterocycles. The molecule has 0 aliphatic rings. The van der Waals surface area contributed by atoms with Gasteiger partial charge in [-0.3, -0.25) is 0 Å². The van der Waals surface area contributed by atoms with Crippen molar-refractivity contribution >= 4 is 57.1 Å². The number of hydrogen-bond donors (Lipinski definition) is 0. The number of rotatable bonds is 4. The first-order valence-corrected chi connectivity index (χ1v) is 9.76. The summed E-state index contributed by atoms with van der Waals surface area (Å²) in [7, 11) is 3.86. The Balaban J connectivity index is 1.72. The van der Waals surface area contributed by atoms with E-state index in [0.717, 1.165) is 20.1 Å². The van der Waals surface area contributed by atoms with Crippen molar-refractivity contribution in [3.05, 3.63) is 40.4 Å². The normalized spacial score (nSPS) is 11.2. The van der Waals surface area contributed by atoms with Gasteiger partial charge in [-0.1, -0.05) is 34.5 Å². The SMILES string of the molecule is CN(C)c1nnc(Sc2ccc3nnc(-c4cc(Cl)cc(Cl)c4)n3n2)s1. The molecule has 0 unspecified atom stereocenters.